The van der Waals surface area contributed by atoms with Gasteiger partial charge in [-0.05, 0) is 19.1 Å². The number of aromatic nitrogens is 2. The van der Waals surface area contributed by atoms with Gasteiger partial charge < -0.3 is 15.3 Å². The van der Waals surface area contributed by atoms with Gasteiger partial charge in [-0.3, -0.25) is 4.68 Å². The quantitative estimate of drug-likeness (QED) is 0.809. The molecule has 0 aliphatic heterocycles. The summed E-state index contributed by atoms with van der Waals surface area (Å²) >= 11 is 0. The normalized spacial score (nSPS) is 10.6. The van der Waals surface area contributed by atoms with Crippen molar-refractivity contribution in [2.45, 2.75) is 13.5 Å². The van der Waals surface area contributed by atoms with Crippen LogP contribution in [0, 0.1) is 6.92 Å². The third-order valence-electron chi connectivity index (χ3n) is 2.18. The molecule has 0 fully saturated rings. The molecule has 0 spiro atoms. The highest BCUT2D eigenvalue weighted by Crippen LogP contribution is 2.12. The maximum atomic E-state index is 10.6. The Kier molecular flexibility index (Phi) is 2.40. The molecular formula is C10H11N3O3. The summed E-state index contributed by atoms with van der Waals surface area (Å²) in [5.41, 5.74) is 6.42. The van der Waals surface area contributed by atoms with Gasteiger partial charge in [0.15, 0.2) is 0 Å². The highest BCUT2D eigenvalue weighted by molar-refractivity contribution is 5.84. The second kappa shape index (κ2) is 3.73. The Bertz CT molecular complexity index is 527. The number of nitrogens with two attached hydrogens (primary N) is 1. The summed E-state index contributed by atoms with van der Waals surface area (Å²) in [4.78, 5) is 10.6. The van der Waals surface area contributed by atoms with Crippen LogP contribution in [0.5, 0.6) is 0 Å². The summed E-state index contributed by atoms with van der Waals surface area (Å²) in [7, 11) is 0. The van der Waals surface area contributed by atoms with Crippen LogP contribution in [-0.4, -0.2) is 20.9 Å². The predicted octanol–water partition coefficient (Wildman–Crippen LogP) is 1.11. The third kappa shape index (κ3) is 1.90. The van der Waals surface area contributed by atoms with E-state index in [0.29, 0.717) is 18.1 Å². The third-order valence-corrected chi connectivity index (χ3v) is 2.18. The van der Waals surface area contributed by atoms with Crippen molar-refractivity contribution in [3.63, 3.8) is 0 Å². The van der Waals surface area contributed by atoms with Gasteiger partial charge in [0.25, 0.3) is 0 Å². The maximum absolute atomic E-state index is 10.6. The van der Waals surface area contributed by atoms with Crippen molar-refractivity contribution >= 4 is 11.8 Å². The molecule has 2 aromatic rings. The number of rotatable bonds is 3. The molecule has 0 atom stereocenters. The second-order valence-electron chi connectivity index (χ2n) is 3.44. The number of nitrogen functional groups attached to an aromatic ring is 1. The minimum atomic E-state index is -1.08. The molecule has 0 saturated heterocycles. The van der Waals surface area contributed by atoms with Crippen molar-refractivity contribution in [2.75, 3.05) is 5.73 Å². The molecule has 0 radical (unpaired) electrons. The molecule has 3 N–H and O–H groups in total. The molecule has 16 heavy (non-hydrogen) atoms. The minimum Gasteiger partial charge on any atom is -0.475 e. The van der Waals surface area contributed by atoms with E-state index in [1.807, 2.05) is 6.92 Å². The Morgan fingerprint density at radius 2 is 2.38 bits per heavy atom. The predicted molar refractivity (Wildman–Crippen MR) is 56.1 cm³/mol. The van der Waals surface area contributed by atoms with Crippen LogP contribution in [0.1, 0.15) is 22.0 Å². The molecule has 0 unspecified atom stereocenters. The molecule has 2 rings (SSSR count). The van der Waals surface area contributed by atoms with Crippen LogP contribution in [0.4, 0.5) is 5.82 Å². The summed E-state index contributed by atoms with van der Waals surface area (Å²) in [5, 5.41) is 12.7. The largest absolute Gasteiger partial charge is 0.475 e. The van der Waals surface area contributed by atoms with Gasteiger partial charge >= 0.3 is 5.97 Å². The van der Waals surface area contributed by atoms with Crippen LogP contribution in [-0.2, 0) is 6.54 Å². The zero-order chi connectivity index (χ0) is 11.7. The van der Waals surface area contributed by atoms with Crippen molar-refractivity contribution in [2.24, 2.45) is 0 Å². The summed E-state index contributed by atoms with van der Waals surface area (Å²) in [6, 6.07) is 4.77. The molecule has 2 aromatic heterocycles. The van der Waals surface area contributed by atoms with Crippen molar-refractivity contribution in [3.8, 4) is 0 Å². The average Bonchev–Trinajstić information content (AvgIpc) is 2.75. The van der Waals surface area contributed by atoms with Crippen LogP contribution >= 0.6 is 0 Å². The highest BCUT2D eigenvalue weighted by Gasteiger charge is 2.10. The summed E-state index contributed by atoms with van der Waals surface area (Å²) in [6.45, 7) is 2.24. The van der Waals surface area contributed by atoms with E-state index >= 15 is 0 Å². The SMILES string of the molecule is Cc1cc(N)nn1Cc1ccc(C(=O)O)o1. The molecule has 2 heterocycles. The lowest BCUT2D eigenvalue weighted by molar-refractivity contribution is 0.0660. The Labute approximate surface area is 91.3 Å². The van der Waals surface area contributed by atoms with Crippen molar-refractivity contribution in [1.82, 2.24) is 9.78 Å². The number of anilines is 1. The number of aromatic carboxylic acids is 1. The van der Waals surface area contributed by atoms with Crippen molar-refractivity contribution in [1.29, 1.82) is 0 Å². The minimum absolute atomic E-state index is 0.0761. The van der Waals surface area contributed by atoms with E-state index in [-0.39, 0.29) is 5.76 Å². The highest BCUT2D eigenvalue weighted by atomic mass is 16.4. The van der Waals surface area contributed by atoms with E-state index in [1.54, 1.807) is 16.8 Å². The number of carbonyl (C=O) groups is 1. The fraction of sp³-hybridized carbons (Fsp3) is 0.200. The number of nitrogens with zero attached hydrogens (tertiary/aromatic N) is 2. The zero-order valence-electron chi connectivity index (χ0n) is 8.67. The molecule has 0 aliphatic carbocycles. The van der Waals surface area contributed by atoms with E-state index in [1.165, 1.54) is 6.07 Å². The van der Waals surface area contributed by atoms with Gasteiger partial charge in [0.1, 0.15) is 11.6 Å². The van der Waals surface area contributed by atoms with Crippen LogP contribution in [0.25, 0.3) is 0 Å². The maximum Gasteiger partial charge on any atom is 0.371 e. The van der Waals surface area contributed by atoms with E-state index in [2.05, 4.69) is 5.10 Å². The average molecular weight is 221 g/mol. The fourth-order valence-corrected chi connectivity index (χ4v) is 1.42. The molecule has 0 amide bonds. The van der Waals surface area contributed by atoms with E-state index < -0.39 is 5.97 Å². The molecule has 0 bridgehead atoms. The zero-order valence-corrected chi connectivity index (χ0v) is 8.67. The number of carboxylic acids is 1. The summed E-state index contributed by atoms with van der Waals surface area (Å²) < 4.78 is 6.76. The van der Waals surface area contributed by atoms with E-state index in [9.17, 15) is 4.79 Å². The lowest BCUT2D eigenvalue weighted by Gasteiger charge is -2.00. The van der Waals surface area contributed by atoms with Crippen LogP contribution in [0.3, 0.4) is 0 Å². The lowest BCUT2D eigenvalue weighted by Crippen LogP contribution is -2.03. The van der Waals surface area contributed by atoms with Gasteiger partial charge in [0.05, 0.1) is 6.54 Å². The monoisotopic (exact) mass is 221 g/mol. The van der Waals surface area contributed by atoms with Gasteiger partial charge in [-0.15, -0.1) is 0 Å². The van der Waals surface area contributed by atoms with Gasteiger partial charge in [0.2, 0.25) is 5.76 Å². The lowest BCUT2D eigenvalue weighted by atomic mass is 10.4. The van der Waals surface area contributed by atoms with Gasteiger partial charge in [-0.2, -0.15) is 5.10 Å². The standard InChI is InChI=1S/C10H11N3O3/c1-6-4-9(11)12-13(6)5-7-2-3-8(16-7)10(14)15/h2-4H,5H2,1H3,(H2,11,12)(H,14,15). The van der Waals surface area contributed by atoms with Crippen molar-refractivity contribution in [3.05, 3.63) is 35.4 Å². The van der Waals surface area contributed by atoms with Crippen LogP contribution in [0.2, 0.25) is 0 Å². The summed E-state index contributed by atoms with van der Waals surface area (Å²) in [6.07, 6.45) is 0. The van der Waals surface area contributed by atoms with Crippen molar-refractivity contribution < 1.29 is 14.3 Å². The molecule has 6 heteroatoms. The number of furan rings is 1. The first-order valence-corrected chi connectivity index (χ1v) is 4.68. The number of hydrogen-bond donors (Lipinski definition) is 2. The first-order chi connectivity index (χ1) is 7.56. The first-order valence-electron chi connectivity index (χ1n) is 4.68. The van der Waals surface area contributed by atoms with Crippen LogP contribution < -0.4 is 5.73 Å². The van der Waals surface area contributed by atoms with Gasteiger partial charge in [0, 0.05) is 11.8 Å². The fourth-order valence-electron chi connectivity index (χ4n) is 1.42. The molecule has 0 saturated carbocycles. The molecule has 0 aromatic carbocycles. The van der Waals surface area contributed by atoms with E-state index in [0.717, 1.165) is 5.69 Å². The Morgan fingerprint density at radius 1 is 1.62 bits per heavy atom. The Hall–Kier alpha value is -2.24. The molecule has 0 aliphatic rings. The topological polar surface area (TPSA) is 94.3 Å². The Morgan fingerprint density at radius 3 is 2.88 bits per heavy atom. The number of hydrogen-bond acceptors (Lipinski definition) is 4. The first kappa shape index (κ1) is 10.3. The van der Waals surface area contributed by atoms with Gasteiger partial charge in [-0.1, -0.05) is 0 Å². The summed E-state index contributed by atoms with van der Waals surface area (Å²) in [5.74, 6) is -0.193. The molecule has 6 nitrogen and oxygen atoms in total. The number of aryl methyl sites for hydroxylation is 1. The Balaban J connectivity index is 2.20. The van der Waals surface area contributed by atoms with E-state index in [4.69, 9.17) is 15.3 Å². The van der Waals surface area contributed by atoms with Crippen LogP contribution in [0.15, 0.2) is 22.6 Å². The molecular weight excluding hydrogens is 210 g/mol. The smallest absolute Gasteiger partial charge is 0.371 e. The number of carboxylic acid groups (broad SMARTS) is 1. The second-order valence-corrected chi connectivity index (χ2v) is 3.44. The van der Waals surface area contributed by atoms with Gasteiger partial charge in [-0.25, -0.2) is 4.79 Å². The molecule has 84 valence electrons.